The second kappa shape index (κ2) is 6.12. The molecule has 98 valence electrons. The minimum absolute atomic E-state index is 0.0467. The Bertz CT molecular complexity index is 602. The number of hydrogen-bond donors (Lipinski definition) is 0. The van der Waals surface area contributed by atoms with Gasteiger partial charge in [-0.3, -0.25) is 10.1 Å². The zero-order chi connectivity index (χ0) is 13.8. The van der Waals surface area contributed by atoms with Crippen LogP contribution in [0.5, 0.6) is 11.6 Å². The van der Waals surface area contributed by atoms with Gasteiger partial charge in [-0.15, -0.1) is 0 Å². The molecule has 0 unspecified atom stereocenters. The monoisotopic (exact) mass is 386 g/mol. The van der Waals surface area contributed by atoms with Crippen LogP contribution in [0.2, 0.25) is 0 Å². The van der Waals surface area contributed by atoms with Crippen LogP contribution in [-0.4, -0.2) is 9.91 Å². The summed E-state index contributed by atoms with van der Waals surface area (Å²) in [4.78, 5) is 14.5. The minimum Gasteiger partial charge on any atom is -0.438 e. The lowest BCUT2D eigenvalue weighted by molar-refractivity contribution is -0.385. The molecule has 19 heavy (non-hydrogen) atoms. The summed E-state index contributed by atoms with van der Waals surface area (Å²) in [5.41, 5.74) is 0.972. The number of nitro groups is 1. The van der Waals surface area contributed by atoms with Gasteiger partial charge >= 0.3 is 0 Å². The zero-order valence-corrected chi connectivity index (χ0v) is 12.7. The first-order chi connectivity index (χ1) is 9.11. The molecule has 0 aliphatic rings. The molecule has 1 aromatic carbocycles. The number of nitrogens with zero attached hydrogens (tertiary/aromatic N) is 2. The summed E-state index contributed by atoms with van der Waals surface area (Å²) in [6.07, 6.45) is 1.68. The molecular formula is C12H8Br2N2O3. The number of hydrogen-bond acceptors (Lipinski definition) is 4. The second-order valence-electron chi connectivity index (χ2n) is 3.59. The van der Waals surface area contributed by atoms with Crippen LogP contribution in [-0.2, 0) is 5.33 Å². The van der Waals surface area contributed by atoms with Crippen LogP contribution in [0.15, 0.2) is 41.0 Å². The summed E-state index contributed by atoms with van der Waals surface area (Å²) in [6, 6.07) is 8.17. The van der Waals surface area contributed by atoms with Gasteiger partial charge in [0, 0.05) is 23.7 Å². The lowest BCUT2D eigenvalue weighted by Gasteiger charge is -2.07. The van der Waals surface area contributed by atoms with Crippen molar-refractivity contribution in [3.63, 3.8) is 0 Å². The van der Waals surface area contributed by atoms with E-state index in [1.165, 1.54) is 6.07 Å². The first-order valence-electron chi connectivity index (χ1n) is 5.23. The van der Waals surface area contributed by atoms with Crippen molar-refractivity contribution < 1.29 is 9.66 Å². The van der Waals surface area contributed by atoms with Crippen LogP contribution in [0.4, 0.5) is 5.69 Å². The van der Waals surface area contributed by atoms with Crippen molar-refractivity contribution >= 4 is 37.5 Å². The maximum Gasteiger partial charge on any atom is 0.287 e. The van der Waals surface area contributed by atoms with Crippen molar-refractivity contribution in [3.05, 3.63) is 56.7 Å². The van der Waals surface area contributed by atoms with Gasteiger partial charge < -0.3 is 4.74 Å². The summed E-state index contributed by atoms with van der Waals surface area (Å²) in [5.74, 6) is 0.735. The molecule has 1 heterocycles. The highest BCUT2D eigenvalue weighted by molar-refractivity contribution is 9.10. The summed E-state index contributed by atoms with van der Waals surface area (Å²) in [6.45, 7) is 0. The van der Waals surface area contributed by atoms with Crippen molar-refractivity contribution in [1.29, 1.82) is 0 Å². The fourth-order valence-electron chi connectivity index (χ4n) is 1.38. The van der Waals surface area contributed by atoms with Gasteiger partial charge in [0.15, 0.2) is 5.75 Å². The van der Waals surface area contributed by atoms with Crippen LogP contribution in [0.25, 0.3) is 0 Å². The predicted octanol–water partition coefficient (Wildman–Crippen LogP) is 4.44. The molecule has 5 nitrogen and oxygen atoms in total. The van der Waals surface area contributed by atoms with E-state index < -0.39 is 4.92 Å². The van der Waals surface area contributed by atoms with Crippen LogP contribution in [0.1, 0.15) is 5.56 Å². The average molecular weight is 388 g/mol. The smallest absolute Gasteiger partial charge is 0.287 e. The number of aromatic nitrogens is 1. The van der Waals surface area contributed by atoms with Crippen LogP contribution in [0.3, 0.4) is 0 Å². The molecule has 0 saturated heterocycles. The van der Waals surface area contributed by atoms with E-state index >= 15 is 0 Å². The molecule has 2 aromatic rings. The lowest BCUT2D eigenvalue weighted by Crippen LogP contribution is -1.93. The first-order valence-corrected chi connectivity index (χ1v) is 7.15. The Balaban J connectivity index is 2.27. The molecule has 0 saturated carbocycles. The van der Waals surface area contributed by atoms with Crippen molar-refractivity contribution in [2.24, 2.45) is 0 Å². The van der Waals surface area contributed by atoms with Crippen molar-refractivity contribution in [2.75, 3.05) is 0 Å². The van der Waals surface area contributed by atoms with Crippen molar-refractivity contribution in [3.8, 4) is 11.6 Å². The Labute approximate surface area is 126 Å². The van der Waals surface area contributed by atoms with Gasteiger partial charge in [0.25, 0.3) is 5.69 Å². The second-order valence-corrected chi connectivity index (χ2v) is 4.94. The largest absolute Gasteiger partial charge is 0.438 e. The standard InChI is InChI=1S/C12H8Br2N2O3/c13-6-8-4-5-11(15-7-8)19-10-3-1-2-9(12(10)14)16(17)18/h1-5,7H,6H2. The van der Waals surface area contributed by atoms with Crippen molar-refractivity contribution in [2.45, 2.75) is 5.33 Å². The summed E-state index contributed by atoms with van der Waals surface area (Å²) in [5, 5.41) is 11.5. The third-order valence-corrected chi connectivity index (χ3v) is 3.75. The van der Waals surface area contributed by atoms with E-state index in [9.17, 15) is 10.1 Å². The molecule has 0 bridgehead atoms. The number of alkyl halides is 1. The minimum atomic E-state index is -0.474. The highest BCUT2D eigenvalue weighted by Crippen LogP contribution is 2.35. The first kappa shape index (κ1) is 14.0. The van der Waals surface area contributed by atoms with Gasteiger partial charge in [0.05, 0.1) is 4.92 Å². The Morgan fingerprint density at radius 1 is 1.32 bits per heavy atom. The van der Waals surface area contributed by atoms with Gasteiger partial charge in [-0.2, -0.15) is 0 Å². The number of ether oxygens (including phenoxy) is 1. The predicted molar refractivity (Wildman–Crippen MR) is 77.7 cm³/mol. The SMILES string of the molecule is O=[N+]([O-])c1cccc(Oc2ccc(CBr)cn2)c1Br. The van der Waals surface area contributed by atoms with Gasteiger partial charge in [0.2, 0.25) is 5.88 Å². The number of rotatable bonds is 4. The molecule has 0 fully saturated rings. The summed E-state index contributed by atoms with van der Waals surface area (Å²) in [7, 11) is 0. The zero-order valence-electron chi connectivity index (χ0n) is 9.55. The quantitative estimate of drug-likeness (QED) is 0.442. The molecule has 7 heteroatoms. The van der Waals surface area contributed by atoms with Gasteiger partial charge in [-0.05, 0) is 27.6 Å². The van der Waals surface area contributed by atoms with Gasteiger partial charge in [0.1, 0.15) is 4.47 Å². The average Bonchev–Trinajstić information content (AvgIpc) is 2.41. The fraction of sp³-hybridized carbons (Fsp3) is 0.0833. The fourth-order valence-corrected chi connectivity index (χ4v) is 2.20. The van der Waals surface area contributed by atoms with Crippen molar-refractivity contribution in [1.82, 2.24) is 4.98 Å². The number of pyridine rings is 1. The molecule has 0 N–H and O–H groups in total. The lowest BCUT2D eigenvalue weighted by atomic mass is 10.3. The number of nitro benzene ring substituents is 1. The molecule has 0 amide bonds. The van der Waals surface area contributed by atoms with Crippen LogP contribution < -0.4 is 4.74 Å². The van der Waals surface area contributed by atoms with Gasteiger partial charge in [-0.1, -0.05) is 28.1 Å². The van der Waals surface area contributed by atoms with E-state index in [-0.39, 0.29) is 5.69 Å². The van der Waals surface area contributed by atoms with E-state index in [0.717, 1.165) is 5.56 Å². The molecule has 2 rings (SSSR count). The van der Waals surface area contributed by atoms with Gasteiger partial charge in [-0.25, -0.2) is 4.98 Å². The third kappa shape index (κ3) is 3.30. The van der Waals surface area contributed by atoms with E-state index in [1.807, 2.05) is 6.07 Å². The normalized spacial score (nSPS) is 10.2. The molecule has 1 aromatic heterocycles. The van der Waals surface area contributed by atoms with Crippen LogP contribution >= 0.6 is 31.9 Å². The topological polar surface area (TPSA) is 65.3 Å². The summed E-state index contributed by atoms with van der Waals surface area (Å²) < 4.78 is 5.82. The Morgan fingerprint density at radius 3 is 2.68 bits per heavy atom. The summed E-state index contributed by atoms with van der Waals surface area (Å²) >= 11 is 6.49. The molecule has 0 spiro atoms. The highest BCUT2D eigenvalue weighted by Gasteiger charge is 2.16. The Hall–Kier alpha value is -1.47. The molecule has 0 atom stereocenters. The number of benzene rings is 1. The molecular weight excluding hydrogens is 380 g/mol. The van der Waals surface area contributed by atoms with E-state index in [1.54, 1.807) is 24.4 Å². The number of halogens is 2. The maximum absolute atomic E-state index is 10.8. The third-order valence-electron chi connectivity index (χ3n) is 2.31. The van der Waals surface area contributed by atoms with E-state index in [4.69, 9.17) is 4.74 Å². The Kier molecular flexibility index (Phi) is 4.49. The molecule has 0 radical (unpaired) electrons. The van der Waals surface area contributed by atoms with E-state index in [2.05, 4.69) is 36.8 Å². The molecule has 0 aliphatic heterocycles. The Morgan fingerprint density at radius 2 is 2.11 bits per heavy atom. The van der Waals surface area contributed by atoms with E-state index in [0.29, 0.717) is 21.4 Å². The maximum atomic E-state index is 10.8. The molecule has 0 aliphatic carbocycles. The van der Waals surface area contributed by atoms with Crippen LogP contribution in [0, 0.1) is 10.1 Å². The highest BCUT2D eigenvalue weighted by atomic mass is 79.9.